The van der Waals surface area contributed by atoms with Crippen molar-refractivity contribution in [2.45, 2.75) is 12.5 Å². The second-order valence-corrected chi connectivity index (χ2v) is 6.78. The number of hydrogen-bond donors (Lipinski definition) is 1. The van der Waals surface area contributed by atoms with Gasteiger partial charge in [0.1, 0.15) is 6.10 Å². The predicted molar refractivity (Wildman–Crippen MR) is 102 cm³/mol. The van der Waals surface area contributed by atoms with Crippen LogP contribution in [-0.2, 0) is 0 Å². The van der Waals surface area contributed by atoms with Gasteiger partial charge in [-0.1, -0.05) is 29.8 Å². The zero-order valence-corrected chi connectivity index (χ0v) is 14.9. The van der Waals surface area contributed by atoms with E-state index in [1.807, 2.05) is 6.07 Å². The van der Waals surface area contributed by atoms with E-state index in [2.05, 4.69) is 34.1 Å². The summed E-state index contributed by atoms with van der Waals surface area (Å²) in [6.45, 7) is 4.53. The second kappa shape index (κ2) is 8.48. The molecular weight excluding hydrogens is 336 g/mol. The van der Waals surface area contributed by atoms with Gasteiger partial charge in [0, 0.05) is 49.0 Å². The molecule has 1 aliphatic rings. The number of nitrogens with zero attached hydrogens (tertiary/aromatic N) is 2. The van der Waals surface area contributed by atoms with E-state index in [4.69, 9.17) is 11.6 Å². The van der Waals surface area contributed by atoms with E-state index in [1.54, 1.807) is 24.3 Å². The molecule has 1 unspecified atom stereocenters. The molecule has 1 N–H and O–H groups in total. The van der Waals surface area contributed by atoms with Gasteiger partial charge in [-0.25, -0.2) is 0 Å². The van der Waals surface area contributed by atoms with Crippen LogP contribution in [0.25, 0.3) is 0 Å². The van der Waals surface area contributed by atoms with Gasteiger partial charge in [0.05, 0.1) is 0 Å². The van der Waals surface area contributed by atoms with Gasteiger partial charge in [0.2, 0.25) is 0 Å². The molecule has 25 heavy (non-hydrogen) atoms. The fourth-order valence-electron chi connectivity index (χ4n) is 3.11. The molecule has 2 aromatic rings. The number of benzene rings is 2. The lowest BCUT2D eigenvalue weighted by atomic mass is 10.0. The van der Waals surface area contributed by atoms with Crippen LogP contribution in [0.3, 0.4) is 0 Å². The van der Waals surface area contributed by atoms with Gasteiger partial charge in [-0.05, 0) is 42.8 Å². The van der Waals surface area contributed by atoms with E-state index in [0.717, 1.165) is 32.7 Å². The van der Waals surface area contributed by atoms with Crippen molar-refractivity contribution in [2.24, 2.45) is 0 Å². The van der Waals surface area contributed by atoms with Crippen LogP contribution in [0.4, 0.5) is 5.69 Å². The summed E-state index contributed by atoms with van der Waals surface area (Å²) >= 11 is 5.83. The Balaban J connectivity index is 1.45. The Kier molecular flexibility index (Phi) is 6.08. The van der Waals surface area contributed by atoms with Crippen LogP contribution in [0.5, 0.6) is 0 Å². The molecule has 5 heteroatoms. The molecule has 0 spiro atoms. The number of para-hydroxylation sites is 1. The number of halogens is 1. The molecule has 0 radical (unpaired) electrons. The van der Waals surface area contributed by atoms with Crippen molar-refractivity contribution in [3.63, 3.8) is 0 Å². The minimum absolute atomic E-state index is 0.236. The highest BCUT2D eigenvalue weighted by Crippen LogP contribution is 2.16. The molecule has 1 saturated heterocycles. The van der Waals surface area contributed by atoms with Gasteiger partial charge >= 0.3 is 0 Å². The Bertz CT molecular complexity index is 683. The Morgan fingerprint density at radius 2 is 1.64 bits per heavy atom. The van der Waals surface area contributed by atoms with Crippen LogP contribution in [0, 0.1) is 0 Å². The number of carbonyl (C=O) groups is 1. The molecule has 0 aliphatic carbocycles. The molecular formula is C20H23ClN2O2. The highest BCUT2D eigenvalue weighted by Gasteiger charge is 2.21. The average molecular weight is 359 g/mol. The summed E-state index contributed by atoms with van der Waals surface area (Å²) in [4.78, 5) is 16.9. The summed E-state index contributed by atoms with van der Waals surface area (Å²) in [6, 6.07) is 17.1. The monoisotopic (exact) mass is 358 g/mol. The van der Waals surface area contributed by atoms with E-state index in [0.29, 0.717) is 17.0 Å². The molecule has 3 rings (SSSR count). The number of rotatable bonds is 6. The summed E-state index contributed by atoms with van der Waals surface area (Å²) in [5.74, 6) is -0.236. The molecule has 1 atom stereocenters. The fourth-order valence-corrected chi connectivity index (χ4v) is 3.24. The first-order valence-electron chi connectivity index (χ1n) is 8.64. The van der Waals surface area contributed by atoms with Crippen LogP contribution >= 0.6 is 11.6 Å². The third-order valence-corrected chi connectivity index (χ3v) is 4.90. The van der Waals surface area contributed by atoms with Gasteiger partial charge in [-0.3, -0.25) is 9.69 Å². The lowest BCUT2D eigenvalue weighted by Crippen LogP contribution is -2.47. The first-order chi connectivity index (χ1) is 12.1. The smallest absolute Gasteiger partial charge is 0.191 e. The lowest BCUT2D eigenvalue weighted by Gasteiger charge is -2.36. The highest BCUT2D eigenvalue weighted by molar-refractivity contribution is 6.30. The van der Waals surface area contributed by atoms with Crippen LogP contribution in [0.1, 0.15) is 16.8 Å². The molecule has 132 valence electrons. The van der Waals surface area contributed by atoms with E-state index in [1.165, 1.54) is 5.69 Å². The lowest BCUT2D eigenvalue weighted by molar-refractivity contribution is 0.0700. The van der Waals surface area contributed by atoms with E-state index < -0.39 is 6.10 Å². The Morgan fingerprint density at radius 1 is 1.00 bits per heavy atom. The number of Topliss-reactive ketones (excluding diaryl/α,β-unsaturated/α-hetero) is 1. The molecule has 0 bridgehead atoms. The summed E-state index contributed by atoms with van der Waals surface area (Å²) in [7, 11) is 0. The van der Waals surface area contributed by atoms with Gasteiger partial charge in [0.15, 0.2) is 5.78 Å². The van der Waals surface area contributed by atoms with E-state index in [9.17, 15) is 9.90 Å². The minimum atomic E-state index is -0.965. The van der Waals surface area contributed by atoms with Crippen LogP contribution in [0.15, 0.2) is 54.6 Å². The molecule has 0 amide bonds. The van der Waals surface area contributed by atoms with Crippen LogP contribution < -0.4 is 4.90 Å². The SMILES string of the molecule is O=C(c1ccc(Cl)cc1)C(O)CCN1CCN(c2ccccc2)CC1. The topological polar surface area (TPSA) is 43.8 Å². The summed E-state index contributed by atoms with van der Waals surface area (Å²) in [5.41, 5.74) is 1.76. The third-order valence-electron chi connectivity index (χ3n) is 4.64. The zero-order valence-electron chi connectivity index (χ0n) is 14.1. The van der Waals surface area contributed by atoms with Crippen LogP contribution in [0.2, 0.25) is 5.02 Å². The van der Waals surface area contributed by atoms with Crippen LogP contribution in [-0.4, -0.2) is 54.6 Å². The highest BCUT2D eigenvalue weighted by atomic mass is 35.5. The maximum atomic E-state index is 12.2. The largest absolute Gasteiger partial charge is 0.385 e. The summed E-state index contributed by atoms with van der Waals surface area (Å²) in [5, 5.41) is 10.8. The van der Waals surface area contributed by atoms with Crippen molar-refractivity contribution in [1.82, 2.24) is 4.90 Å². The molecule has 4 nitrogen and oxygen atoms in total. The van der Waals surface area contributed by atoms with Crippen molar-refractivity contribution >= 4 is 23.1 Å². The maximum absolute atomic E-state index is 12.2. The van der Waals surface area contributed by atoms with Crippen molar-refractivity contribution in [1.29, 1.82) is 0 Å². The Morgan fingerprint density at radius 3 is 2.28 bits per heavy atom. The molecule has 1 aliphatic heterocycles. The summed E-state index contributed by atoms with van der Waals surface area (Å²) in [6.07, 6.45) is -0.513. The molecule has 2 aromatic carbocycles. The first kappa shape index (κ1) is 17.9. The van der Waals surface area contributed by atoms with Crippen molar-refractivity contribution in [3.8, 4) is 0 Å². The number of aliphatic hydroxyl groups is 1. The molecule has 0 aromatic heterocycles. The van der Waals surface area contributed by atoms with Crippen molar-refractivity contribution < 1.29 is 9.90 Å². The number of ketones is 1. The number of anilines is 1. The standard InChI is InChI=1S/C20H23ClN2O2/c21-17-8-6-16(7-9-17)20(25)19(24)10-11-22-12-14-23(15-13-22)18-4-2-1-3-5-18/h1-9,19,24H,10-15H2. The first-order valence-corrected chi connectivity index (χ1v) is 9.01. The second-order valence-electron chi connectivity index (χ2n) is 6.34. The van der Waals surface area contributed by atoms with Crippen molar-refractivity contribution in [2.75, 3.05) is 37.6 Å². The minimum Gasteiger partial charge on any atom is -0.385 e. The van der Waals surface area contributed by atoms with E-state index >= 15 is 0 Å². The van der Waals surface area contributed by atoms with Gasteiger partial charge in [-0.15, -0.1) is 0 Å². The van der Waals surface area contributed by atoms with Gasteiger partial charge in [0.25, 0.3) is 0 Å². The molecule has 1 fully saturated rings. The van der Waals surface area contributed by atoms with E-state index in [-0.39, 0.29) is 5.78 Å². The number of carbonyl (C=O) groups excluding carboxylic acids is 1. The zero-order chi connectivity index (χ0) is 17.6. The average Bonchev–Trinajstić information content (AvgIpc) is 2.67. The van der Waals surface area contributed by atoms with Gasteiger partial charge in [-0.2, -0.15) is 0 Å². The number of aliphatic hydroxyl groups excluding tert-OH is 1. The molecule has 0 saturated carbocycles. The quantitative estimate of drug-likeness (QED) is 0.806. The Labute approximate surface area is 153 Å². The van der Waals surface area contributed by atoms with Crippen molar-refractivity contribution in [3.05, 3.63) is 65.2 Å². The Hall–Kier alpha value is -1.88. The fraction of sp³-hybridized carbons (Fsp3) is 0.350. The predicted octanol–water partition coefficient (Wildman–Crippen LogP) is 3.10. The number of piperazine rings is 1. The van der Waals surface area contributed by atoms with Gasteiger partial charge < -0.3 is 10.0 Å². The maximum Gasteiger partial charge on any atom is 0.191 e. The number of hydrogen-bond acceptors (Lipinski definition) is 4. The third kappa shape index (κ3) is 4.82. The summed E-state index contributed by atoms with van der Waals surface area (Å²) < 4.78 is 0. The normalized spacial score (nSPS) is 16.6. The molecule has 1 heterocycles.